The van der Waals surface area contributed by atoms with Crippen LogP contribution in [-0.2, 0) is 6.54 Å². The molecule has 0 bridgehead atoms. The fourth-order valence-corrected chi connectivity index (χ4v) is 3.52. The molecule has 0 aliphatic heterocycles. The van der Waals surface area contributed by atoms with E-state index in [-0.39, 0.29) is 30.0 Å². The van der Waals surface area contributed by atoms with Crippen LogP contribution in [-0.4, -0.2) is 27.0 Å². The Labute approximate surface area is 147 Å². The van der Waals surface area contributed by atoms with Gasteiger partial charge in [-0.3, -0.25) is 19.7 Å². The third kappa shape index (κ3) is 2.18. The summed E-state index contributed by atoms with van der Waals surface area (Å²) in [5.41, 5.74) is 1.47. The van der Waals surface area contributed by atoms with Crippen molar-refractivity contribution in [1.29, 1.82) is 0 Å². The molecule has 0 fully saturated rings. The Morgan fingerprint density at radius 1 is 1.04 bits per heavy atom. The number of benzene rings is 2. The molecule has 0 atom stereocenters. The van der Waals surface area contributed by atoms with Crippen LogP contribution in [0.5, 0.6) is 0 Å². The van der Waals surface area contributed by atoms with Crippen molar-refractivity contribution in [1.82, 2.24) is 4.57 Å². The topological polar surface area (TPSA) is 102 Å². The van der Waals surface area contributed by atoms with Crippen LogP contribution in [0.15, 0.2) is 47.3 Å². The zero-order chi connectivity index (χ0) is 18.4. The number of aliphatic hydroxyl groups excluding tert-OH is 1. The summed E-state index contributed by atoms with van der Waals surface area (Å²) in [5.74, 6) is -0.202. The molecule has 1 aliphatic rings. The van der Waals surface area contributed by atoms with Gasteiger partial charge in [-0.1, -0.05) is 24.3 Å². The lowest BCUT2D eigenvalue weighted by atomic mass is 10.0. The summed E-state index contributed by atoms with van der Waals surface area (Å²) in [6, 6.07) is 11.0. The van der Waals surface area contributed by atoms with E-state index in [2.05, 4.69) is 0 Å². The predicted octanol–water partition coefficient (Wildman–Crippen LogP) is 2.50. The summed E-state index contributed by atoms with van der Waals surface area (Å²) >= 11 is 0. The van der Waals surface area contributed by atoms with E-state index in [4.69, 9.17) is 0 Å². The molecule has 0 saturated carbocycles. The van der Waals surface area contributed by atoms with Gasteiger partial charge in [0.15, 0.2) is 5.78 Å². The molecule has 4 rings (SSSR count). The first kappa shape index (κ1) is 16.2. The lowest BCUT2D eigenvalue weighted by molar-refractivity contribution is -0.384. The van der Waals surface area contributed by atoms with Crippen LogP contribution in [0.3, 0.4) is 0 Å². The second-order valence-electron chi connectivity index (χ2n) is 6.12. The summed E-state index contributed by atoms with van der Waals surface area (Å²) in [4.78, 5) is 36.5. The van der Waals surface area contributed by atoms with Crippen molar-refractivity contribution in [3.63, 3.8) is 0 Å². The summed E-state index contributed by atoms with van der Waals surface area (Å²) in [7, 11) is 0. The number of aliphatic hydroxyl groups is 1. The van der Waals surface area contributed by atoms with E-state index in [9.17, 15) is 24.8 Å². The fourth-order valence-electron chi connectivity index (χ4n) is 3.52. The number of nitrogens with zero attached hydrogens (tertiary/aromatic N) is 2. The maximum atomic E-state index is 13.0. The van der Waals surface area contributed by atoms with Crippen molar-refractivity contribution in [2.24, 2.45) is 0 Å². The number of carbonyl (C=O) groups excluding carboxylic acids is 1. The monoisotopic (exact) mass is 350 g/mol. The van der Waals surface area contributed by atoms with Gasteiger partial charge in [0.05, 0.1) is 21.6 Å². The van der Waals surface area contributed by atoms with Gasteiger partial charge in [-0.15, -0.1) is 0 Å². The maximum absolute atomic E-state index is 13.0. The molecule has 0 radical (unpaired) electrons. The number of fused-ring (bicyclic) bond motifs is 5. The molecule has 130 valence electrons. The minimum absolute atomic E-state index is 0.107. The molecule has 1 N–H and O–H groups in total. The van der Waals surface area contributed by atoms with E-state index in [0.29, 0.717) is 34.2 Å². The Morgan fingerprint density at radius 3 is 2.46 bits per heavy atom. The Bertz CT molecular complexity index is 1150. The standard InChI is InChI=1S/C19H14N2O5/c22-9-3-8-20-17-13-4-1-2-5-14(13)18(23)16(17)12-7-6-11(21(25)26)10-15(12)19(20)24/h1-2,4-7,10,22H,3,8-9H2. The third-order valence-electron chi connectivity index (χ3n) is 4.66. The lowest BCUT2D eigenvalue weighted by Crippen LogP contribution is -2.24. The van der Waals surface area contributed by atoms with Gasteiger partial charge in [0.1, 0.15) is 0 Å². The van der Waals surface area contributed by atoms with Gasteiger partial charge < -0.3 is 9.67 Å². The number of hydrogen-bond acceptors (Lipinski definition) is 5. The first-order chi connectivity index (χ1) is 12.5. The zero-order valence-corrected chi connectivity index (χ0v) is 13.6. The number of pyridine rings is 1. The van der Waals surface area contributed by atoms with Gasteiger partial charge >= 0.3 is 0 Å². The second-order valence-corrected chi connectivity index (χ2v) is 6.12. The lowest BCUT2D eigenvalue weighted by Gasteiger charge is -2.14. The second kappa shape index (κ2) is 5.89. The largest absolute Gasteiger partial charge is 0.396 e. The highest BCUT2D eigenvalue weighted by atomic mass is 16.6. The molecule has 0 saturated heterocycles. The van der Waals surface area contributed by atoms with Crippen LogP contribution in [0.2, 0.25) is 0 Å². The quantitative estimate of drug-likeness (QED) is 0.450. The van der Waals surface area contributed by atoms with Crippen molar-refractivity contribution < 1.29 is 14.8 Å². The molecule has 0 unspecified atom stereocenters. The van der Waals surface area contributed by atoms with Crippen LogP contribution in [0.25, 0.3) is 22.0 Å². The van der Waals surface area contributed by atoms with Crippen LogP contribution in [0.1, 0.15) is 22.3 Å². The third-order valence-corrected chi connectivity index (χ3v) is 4.66. The number of aromatic nitrogens is 1. The Morgan fingerprint density at radius 2 is 1.77 bits per heavy atom. The molecule has 1 heterocycles. The Balaban J connectivity index is 2.14. The molecule has 2 aromatic carbocycles. The summed E-state index contributed by atoms with van der Waals surface area (Å²) in [6.45, 7) is 0.113. The van der Waals surface area contributed by atoms with E-state index in [1.165, 1.54) is 22.8 Å². The Kier molecular flexibility index (Phi) is 3.66. The number of ketones is 1. The summed E-state index contributed by atoms with van der Waals surface area (Å²) in [6.07, 6.45) is 0.336. The van der Waals surface area contributed by atoms with Crippen LogP contribution in [0.4, 0.5) is 5.69 Å². The number of rotatable bonds is 4. The SMILES string of the molecule is O=C1c2ccccc2-c2c1c1ccc([N+](=O)[O-])cc1c(=O)n2CCCO. The molecule has 3 aromatic rings. The van der Waals surface area contributed by atoms with E-state index >= 15 is 0 Å². The maximum Gasteiger partial charge on any atom is 0.270 e. The van der Waals surface area contributed by atoms with Gasteiger partial charge in [0.25, 0.3) is 11.2 Å². The highest BCUT2D eigenvalue weighted by Gasteiger charge is 2.32. The molecule has 1 aliphatic carbocycles. The molecule has 7 nitrogen and oxygen atoms in total. The molecule has 1 aromatic heterocycles. The minimum atomic E-state index is -0.569. The normalized spacial score (nSPS) is 12.3. The van der Waals surface area contributed by atoms with Gasteiger partial charge in [0.2, 0.25) is 0 Å². The average molecular weight is 350 g/mol. The first-order valence-corrected chi connectivity index (χ1v) is 8.14. The molecular formula is C19H14N2O5. The fraction of sp³-hybridized carbons (Fsp3) is 0.158. The molecule has 26 heavy (non-hydrogen) atoms. The van der Waals surface area contributed by atoms with Gasteiger partial charge in [-0.05, 0) is 12.5 Å². The van der Waals surface area contributed by atoms with Crippen molar-refractivity contribution in [3.8, 4) is 11.3 Å². The number of hydrogen-bond donors (Lipinski definition) is 1. The number of carbonyl (C=O) groups is 1. The molecule has 0 spiro atoms. The summed E-state index contributed by atoms with van der Waals surface area (Å²) in [5, 5.41) is 20.8. The number of non-ortho nitro benzene ring substituents is 1. The van der Waals surface area contributed by atoms with Crippen LogP contribution in [0, 0.1) is 10.1 Å². The average Bonchev–Trinajstić information content (AvgIpc) is 2.94. The molecular weight excluding hydrogens is 336 g/mol. The first-order valence-electron chi connectivity index (χ1n) is 8.14. The number of nitro benzene ring substituents is 1. The highest BCUT2D eigenvalue weighted by Crippen LogP contribution is 2.39. The van der Waals surface area contributed by atoms with Gasteiger partial charge in [-0.2, -0.15) is 0 Å². The van der Waals surface area contributed by atoms with Gasteiger partial charge in [0, 0.05) is 41.8 Å². The highest BCUT2D eigenvalue weighted by molar-refractivity contribution is 6.26. The minimum Gasteiger partial charge on any atom is -0.396 e. The van der Waals surface area contributed by atoms with Crippen molar-refractivity contribution in [2.75, 3.05) is 6.61 Å². The molecule has 7 heteroatoms. The number of nitro groups is 1. The Hall–Kier alpha value is -3.32. The smallest absolute Gasteiger partial charge is 0.270 e. The van der Waals surface area contributed by atoms with Crippen molar-refractivity contribution >= 4 is 22.2 Å². The molecule has 0 amide bonds. The van der Waals surface area contributed by atoms with E-state index in [1.54, 1.807) is 24.3 Å². The van der Waals surface area contributed by atoms with Crippen molar-refractivity contribution in [2.45, 2.75) is 13.0 Å². The van der Waals surface area contributed by atoms with Crippen LogP contribution < -0.4 is 5.56 Å². The van der Waals surface area contributed by atoms with Crippen LogP contribution >= 0.6 is 0 Å². The predicted molar refractivity (Wildman–Crippen MR) is 95.4 cm³/mol. The van der Waals surface area contributed by atoms with E-state index in [1.807, 2.05) is 0 Å². The van der Waals surface area contributed by atoms with E-state index in [0.717, 1.165) is 0 Å². The summed E-state index contributed by atoms with van der Waals surface area (Å²) < 4.78 is 1.45. The van der Waals surface area contributed by atoms with Crippen molar-refractivity contribution in [3.05, 3.63) is 74.1 Å². The zero-order valence-electron chi connectivity index (χ0n) is 13.6. The van der Waals surface area contributed by atoms with Gasteiger partial charge in [-0.25, -0.2) is 0 Å². The van der Waals surface area contributed by atoms with E-state index < -0.39 is 10.5 Å².